The highest BCUT2D eigenvalue weighted by molar-refractivity contribution is 5.91. The van der Waals surface area contributed by atoms with Crippen molar-refractivity contribution >= 4 is 23.2 Å². The number of aromatic nitrogens is 1. The van der Waals surface area contributed by atoms with Gasteiger partial charge >= 0.3 is 0 Å². The van der Waals surface area contributed by atoms with Crippen LogP contribution in [0.15, 0.2) is 48.7 Å². The lowest BCUT2D eigenvalue weighted by molar-refractivity contribution is -0.130. The third kappa shape index (κ3) is 5.81. The molecule has 1 aliphatic rings. The third-order valence-electron chi connectivity index (χ3n) is 5.01. The van der Waals surface area contributed by atoms with Crippen molar-refractivity contribution in [2.24, 2.45) is 0 Å². The predicted octanol–water partition coefficient (Wildman–Crippen LogP) is 3.45. The van der Waals surface area contributed by atoms with Crippen molar-refractivity contribution in [3.63, 3.8) is 0 Å². The van der Waals surface area contributed by atoms with Gasteiger partial charge in [0.05, 0.1) is 12.2 Å². The van der Waals surface area contributed by atoms with Crippen LogP contribution in [0, 0.1) is 0 Å². The molecule has 1 aliphatic heterocycles. The topological polar surface area (TPSA) is 65.5 Å². The van der Waals surface area contributed by atoms with Crippen LogP contribution in [0.25, 0.3) is 0 Å². The molecule has 0 aliphatic carbocycles. The molecule has 0 spiro atoms. The Bertz CT molecular complexity index is 771. The van der Waals surface area contributed by atoms with Crippen molar-refractivity contribution in [1.29, 1.82) is 0 Å². The summed E-state index contributed by atoms with van der Waals surface area (Å²) in [6.07, 6.45) is 5.74. The Morgan fingerprint density at radius 1 is 1.07 bits per heavy atom. The van der Waals surface area contributed by atoms with Gasteiger partial charge in [0.2, 0.25) is 11.8 Å². The number of nitrogens with zero attached hydrogens (tertiary/aromatic N) is 3. The number of piperidine rings is 1. The van der Waals surface area contributed by atoms with E-state index in [-0.39, 0.29) is 18.2 Å². The van der Waals surface area contributed by atoms with E-state index in [1.165, 1.54) is 31.9 Å². The van der Waals surface area contributed by atoms with Crippen LogP contribution in [0.4, 0.5) is 11.4 Å². The lowest BCUT2D eigenvalue weighted by Crippen LogP contribution is -2.32. The van der Waals surface area contributed by atoms with Gasteiger partial charge in [0, 0.05) is 50.6 Å². The van der Waals surface area contributed by atoms with E-state index in [1.54, 1.807) is 11.1 Å². The maximum atomic E-state index is 12.3. The minimum absolute atomic E-state index is 0.0654. The largest absolute Gasteiger partial charge is 0.372 e. The molecule has 1 saturated heterocycles. The normalized spacial score (nSPS) is 13.8. The summed E-state index contributed by atoms with van der Waals surface area (Å²) >= 11 is 0. The Balaban J connectivity index is 1.49. The number of hydrogen-bond acceptors (Lipinski definition) is 4. The van der Waals surface area contributed by atoms with Crippen molar-refractivity contribution < 1.29 is 9.59 Å². The monoisotopic (exact) mass is 380 g/mol. The van der Waals surface area contributed by atoms with Gasteiger partial charge in [0.25, 0.3) is 0 Å². The minimum Gasteiger partial charge on any atom is -0.372 e. The van der Waals surface area contributed by atoms with Gasteiger partial charge in [-0.3, -0.25) is 14.6 Å². The Morgan fingerprint density at radius 3 is 2.46 bits per heavy atom. The average molecular weight is 380 g/mol. The summed E-state index contributed by atoms with van der Waals surface area (Å²) in [6, 6.07) is 13.6. The fourth-order valence-electron chi connectivity index (χ4n) is 3.40. The van der Waals surface area contributed by atoms with Crippen LogP contribution in [0.5, 0.6) is 0 Å². The van der Waals surface area contributed by atoms with Gasteiger partial charge in [-0.25, -0.2) is 0 Å². The molecule has 0 saturated carbocycles. The van der Waals surface area contributed by atoms with E-state index in [0.29, 0.717) is 13.1 Å². The zero-order chi connectivity index (χ0) is 19.8. The standard InChI is InChI=1S/C22H28N4O2/c1-18(27)26(17-20-7-3-4-13-23-20)16-12-22(28)24-19-8-10-21(11-9-19)25-14-5-2-6-15-25/h3-4,7-11,13H,2,5-6,12,14-17H2,1H3,(H,24,28). The number of pyridine rings is 1. The second-order valence-electron chi connectivity index (χ2n) is 7.15. The van der Waals surface area contributed by atoms with Gasteiger partial charge in [0.15, 0.2) is 0 Å². The molecule has 1 aromatic carbocycles. The summed E-state index contributed by atoms with van der Waals surface area (Å²) in [5, 5.41) is 2.92. The van der Waals surface area contributed by atoms with E-state index in [0.717, 1.165) is 24.5 Å². The number of nitrogens with one attached hydrogen (secondary N) is 1. The minimum atomic E-state index is -0.0991. The lowest BCUT2D eigenvalue weighted by atomic mass is 10.1. The van der Waals surface area contributed by atoms with Gasteiger partial charge < -0.3 is 15.1 Å². The number of benzene rings is 1. The molecule has 28 heavy (non-hydrogen) atoms. The second kappa shape index (κ2) is 9.88. The zero-order valence-electron chi connectivity index (χ0n) is 16.4. The summed E-state index contributed by atoms with van der Waals surface area (Å²) in [5.74, 6) is -0.165. The molecule has 0 bridgehead atoms. The molecule has 148 valence electrons. The number of carbonyl (C=O) groups is 2. The van der Waals surface area contributed by atoms with Gasteiger partial charge in [-0.1, -0.05) is 6.07 Å². The van der Waals surface area contributed by atoms with Gasteiger partial charge in [0.1, 0.15) is 0 Å². The van der Waals surface area contributed by atoms with Gasteiger partial charge in [-0.15, -0.1) is 0 Å². The highest BCUT2D eigenvalue weighted by Crippen LogP contribution is 2.21. The van der Waals surface area contributed by atoms with Crippen LogP contribution < -0.4 is 10.2 Å². The molecule has 1 N–H and O–H groups in total. The van der Waals surface area contributed by atoms with Crippen LogP contribution in [-0.4, -0.2) is 41.3 Å². The molecule has 6 nitrogen and oxygen atoms in total. The number of hydrogen-bond donors (Lipinski definition) is 1. The van der Waals surface area contributed by atoms with Crippen LogP contribution >= 0.6 is 0 Å². The van der Waals surface area contributed by atoms with Crippen molar-refractivity contribution in [3.8, 4) is 0 Å². The Morgan fingerprint density at radius 2 is 1.82 bits per heavy atom. The molecule has 0 radical (unpaired) electrons. The molecule has 3 rings (SSSR count). The predicted molar refractivity (Wildman–Crippen MR) is 111 cm³/mol. The number of rotatable bonds is 7. The van der Waals surface area contributed by atoms with Crippen LogP contribution in [0.2, 0.25) is 0 Å². The van der Waals surface area contributed by atoms with E-state index in [4.69, 9.17) is 0 Å². The quantitative estimate of drug-likeness (QED) is 0.799. The van der Waals surface area contributed by atoms with Crippen LogP contribution in [0.1, 0.15) is 38.3 Å². The van der Waals surface area contributed by atoms with Crippen molar-refractivity contribution in [1.82, 2.24) is 9.88 Å². The average Bonchev–Trinajstić information content (AvgIpc) is 2.73. The van der Waals surface area contributed by atoms with E-state index in [1.807, 2.05) is 30.3 Å². The highest BCUT2D eigenvalue weighted by atomic mass is 16.2. The Kier molecular flexibility index (Phi) is 7.00. The number of carbonyl (C=O) groups excluding carboxylic acids is 2. The summed E-state index contributed by atoms with van der Waals surface area (Å²) in [4.78, 5) is 32.4. The SMILES string of the molecule is CC(=O)N(CCC(=O)Nc1ccc(N2CCCCC2)cc1)Cc1ccccn1. The van der Waals surface area contributed by atoms with Gasteiger partial charge in [-0.05, 0) is 55.7 Å². The van der Waals surface area contributed by atoms with E-state index in [9.17, 15) is 9.59 Å². The first kappa shape index (κ1) is 19.9. The molecule has 1 aromatic heterocycles. The Hall–Kier alpha value is -2.89. The molecule has 2 heterocycles. The summed E-state index contributed by atoms with van der Waals surface area (Å²) in [7, 11) is 0. The smallest absolute Gasteiger partial charge is 0.226 e. The van der Waals surface area contributed by atoms with Crippen molar-refractivity contribution in [2.45, 2.75) is 39.2 Å². The number of anilines is 2. The maximum Gasteiger partial charge on any atom is 0.226 e. The number of amides is 2. The summed E-state index contributed by atoms with van der Waals surface area (Å²) in [6.45, 7) is 4.49. The van der Waals surface area contributed by atoms with Crippen molar-refractivity contribution in [3.05, 3.63) is 54.4 Å². The van der Waals surface area contributed by atoms with Gasteiger partial charge in [-0.2, -0.15) is 0 Å². The lowest BCUT2D eigenvalue weighted by Gasteiger charge is -2.28. The highest BCUT2D eigenvalue weighted by Gasteiger charge is 2.13. The molecule has 2 aromatic rings. The molecule has 2 amide bonds. The fourth-order valence-corrected chi connectivity index (χ4v) is 3.40. The zero-order valence-corrected chi connectivity index (χ0v) is 16.4. The maximum absolute atomic E-state index is 12.3. The van der Waals surface area contributed by atoms with Crippen LogP contribution in [0.3, 0.4) is 0 Å². The Labute approximate surface area is 166 Å². The first-order valence-corrected chi connectivity index (χ1v) is 9.92. The first-order chi connectivity index (χ1) is 13.6. The molecule has 0 atom stereocenters. The third-order valence-corrected chi connectivity index (χ3v) is 5.01. The first-order valence-electron chi connectivity index (χ1n) is 9.92. The van der Waals surface area contributed by atoms with E-state index < -0.39 is 0 Å². The van der Waals surface area contributed by atoms with E-state index in [2.05, 4.69) is 27.3 Å². The summed E-state index contributed by atoms with van der Waals surface area (Å²) < 4.78 is 0. The molecule has 1 fully saturated rings. The molecular formula is C22H28N4O2. The van der Waals surface area contributed by atoms with E-state index >= 15 is 0 Å². The molecular weight excluding hydrogens is 352 g/mol. The fraction of sp³-hybridized carbons (Fsp3) is 0.409. The van der Waals surface area contributed by atoms with Crippen LogP contribution in [-0.2, 0) is 16.1 Å². The van der Waals surface area contributed by atoms with Crippen molar-refractivity contribution in [2.75, 3.05) is 29.9 Å². The molecule has 6 heteroatoms. The second-order valence-corrected chi connectivity index (χ2v) is 7.15. The molecule has 0 unspecified atom stereocenters. The summed E-state index contributed by atoms with van der Waals surface area (Å²) in [5.41, 5.74) is 2.80.